The Bertz CT molecular complexity index is 1190. The predicted molar refractivity (Wildman–Crippen MR) is 129 cm³/mol. The summed E-state index contributed by atoms with van der Waals surface area (Å²) in [6.07, 6.45) is 0. The van der Waals surface area contributed by atoms with E-state index in [-0.39, 0.29) is 5.97 Å². The average molecular weight is 425 g/mol. The van der Waals surface area contributed by atoms with Crippen LogP contribution in [0.4, 0.5) is 0 Å². The van der Waals surface area contributed by atoms with E-state index in [1.165, 1.54) is 5.56 Å². The van der Waals surface area contributed by atoms with Gasteiger partial charge in [0.05, 0.1) is 23.4 Å². The van der Waals surface area contributed by atoms with Gasteiger partial charge in [-0.2, -0.15) is 0 Å². The van der Waals surface area contributed by atoms with Gasteiger partial charge in [0.1, 0.15) is 0 Å². The van der Waals surface area contributed by atoms with Crippen LogP contribution in [-0.4, -0.2) is 29.0 Å². The van der Waals surface area contributed by atoms with Gasteiger partial charge < -0.3 is 4.74 Å². The molecule has 4 heteroatoms. The quantitative estimate of drug-likeness (QED) is 0.321. The van der Waals surface area contributed by atoms with Crippen LogP contribution >= 0.6 is 0 Å². The molecule has 3 aromatic carbocycles. The molecular weight excluding hydrogens is 396 g/mol. The smallest absolute Gasteiger partial charge is 0.340 e. The van der Waals surface area contributed by atoms with E-state index in [4.69, 9.17) is 9.72 Å². The van der Waals surface area contributed by atoms with Crippen LogP contribution < -0.4 is 0 Å². The molecule has 1 heterocycles. The van der Waals surface area contributed by atoms with Gasteiger partial charge >= 0.3 is 5.97 Å². The molecule has 0 aliphatic rings. The lowest BCUT2D eigenvalue weighted by molar-refractivity contribution is 0.0524. The number of benzene rings is 3. The van der Waals surface area contributed by atoms with Gasteiger partial charge in [0.25, 0.3) is 0 Å². The van der Waals surface area contributed by atoms with Crippen LogP contribution in [0.25, 0.3) is 22.0 Å². The van der Waals surface area contributed by atoms with Gasteiger partial charge in [-0.25, -0.2) is 4.79 Å². The average Bonchev–Trinajstić information content (AvgIpc) is 2.84. The molecule has 0 unspecified atom stereocenters. The zero-order valence-electron chi connectivity index (χ0n) is 18.6. The molecule has 0 atom stereocenters. The van der Waals surface area contributed by atoms with E-state index in [0.717, 1.165) is 40.8 Å². The van der Waals surface area contributed by atoms with Gasteiger partial charge in [-0.05, 0) is 30.7 Å². The number of esters is 1. The third-order valence-corrected chi connectivity index (χ3v) is 5.58. The van der Waals surface area contributed by atoms with E-state index in [0.29, 0.717) is 18.7 Å². The highest BCUT2D eigenvalue weighted by Gasteiger charge is 2.24. The van der Waals surface area contributed by atoms with E-state index in [1.54, 1.807) is 0 Å². The maximum Gasteiger partial charge on any atom is 0.340 e. The van der Waals surface area contributed by atoms with Gasteiger partial charge in [0, 0.05) is 24.0 Å². The number of nitrogens with zero attached hydrogens (tertiary/aromatic N) is 2. The molecule has 4 nitrogen and oxygen atoms in total. The summed E-state index contributed by atoms with van der Waals surface area (Å²) >= 11 is 0. The number of hydrogen-bond acceptors (Lipinski definition) is 4. The minimum Gasteiger partial charge on any atom is -0.462 e. The van der Waals surface area contributed by atoms with Crippen molar-refractivity contribution in [3.05, 3.63) is 102 Å². The molecule has 0 aliphatic heterocycles. The van der Waals surface area contributed by atoms with E-state index in [2.05, 4.69) is 36.1 Å². The first-order valence-electron chi connectivity index (χ1n) is 11.1. The Hall–Kier alpha value is -3.50. The first-order valence-corrected chi connectivity index (χ1v) is 11.1. The molecule has 0 spiro atoms. The summed E-state index contributed by atoms with van der Waals surface area (Å²) in [5.41, 5.74) is 5.30. The normalized spacial score (nSPS) is 11.1. The second-order valence-electron chi connectivity index (χ2n) is 7.70. The number of carbonyl (C=O) groups excluding carboxylic acids is 1. The van der Waals surface area contributed by atoms with E-state index in [9.17, 15) is 4.79 Å². The molecule has 0 amide bonds. The summed E-state index contributed by atoms with van der Waals surface area (Å²) in [7, 11) is 0. The van der Waals surface area contributed by atoms with Crippen LogP contribution in [0.5, 0.6) is 0 Å². The van der Waals surface area contributed by atoms with Crippen molar-refractivity contribution in [2.24, 2.45) is 0 Å². The van der Waals surface area contributed by atoms with Crippen LogP contribution in [0.3, 0.4) is 0 Å². The number of ether oxygens (including phenoxy) is 1. The van der Waals surface area contributed by atoms with Crippen LogP contribution in [-0.2, 0) is 17.8 Å². The largest absolute Gasteiger partial charge is 0.462 e. The summed E-state index contributed by atoms with van der Waals surface area (Å²) < 4.78 is 5.52. The first-order chi connectivity index (χ1) is 15.7. The van der Waals surface area contributed by atoms with Gasteiger partial charge in [0.2, 0.25) is 0 Å². The Labute approximate surface area is 189 Å². The van der Waals surface area contributed by atoms with Gasteiger partial charge in [0.15, 0.2) is 0 Å². The van der Waals surface area contributed by atoms with Crippen molar-refractivity contribution < 1.29 is 9.53 Å². The molecule has 162 valence electrons. The summed E-state index contributed by atoms with van der Waals surface area (Å²) in [5, 5.41) is 0.955. The Balaban J connectivity index is 1.87. The van der Waals surface area contributed by atoms with Crippen LogP contribution in [0, 0.1) is 0 Å². The number of pyridine rings is 1. The summed E-state index contributed by atoms with van der Waals surface area (Å²) in [6.45, 7) is 6.47. The lowest BCUT2D eigenvalue weighted by Gasteiger charge is -2.23. The molecule has 0 saturated heterocycles. The number of carbonyl (C=O) groups is 1. The van der Waals surface area contributed by atoms with E-state index < -0.39 is 0 Å². The lowest BCUT2D eigenvalue weighted by Crippen LogP contribution is -2.25. The Morgan fingerprint density at radius 1 is 0.844 bits per heavy atom. The Kier molecular flexibility index (Phi) is 6.93. The second kappa shape index (κ2) is 10.2. The van der Waals surface area contributed by atoms with E-state index >= 15 is 0 Å². The molecule has 0 radical (unpaired) electrons. The molecule has 4 aromatic rings. The molecule has 0 saturated carbocycles. The van der Waals surface area contributed by atoms with Crippen LogP contribution in [0.1, 0.15) is 35.5 Å². The van der Waals surface area contributed by atoms with Crippen molar-refractivity contribution in [2.45, 2.75) is 26.9 Å². The number of fused-ring (bicyclic) bond motifs is 1. The molecule has 0 bridgehead atoms. The summed E-state index contributed by atoms with van der Waals surface area (Å²) in [6, 6.07) is 28.4. The third kappa shape index (κ3) is 4.71. The zero-order chi connectivity index (χ0) is 22.3. The van der Waals surface area contributed by atoms with Gasteiger partial charge in [-0.15, -0.1) is 0 Å². The standard InChI is InChI=1S/C28H28N2O2/c1-3-30(19-21-13-7-5-8-14-21)20-25-27(28(31)32-4-2)26(22-15-9-6-10-16-22)23-17-11-12-18-24(23)29-25/h5-18H,3-4,19-20H2,1-2H3. The highest BCUT2D eigenvalue weighted by atomic mass is 16.5. The molecule has 0 N–H and O–H groups in total. The van der Waals surface area contributed by atoms with Crippen molar-refractivity contribution in [3.8, 4) is 11.1 Å². The number of rotatable bonds is 8. The predicted octanol–water partition coefficient (Wildman–Crippen LogP) is 6.10. The first kappa shape index (κ1) is 21.7. The Morgan fingerprint density at radius 2 is 1.50 bits per heavy atom. The molecule has 32 heavy (non-hydrogen) atoms. The molecule has 0 aliphatic carbocycles. The molecular formula is C28H28N2O2. The van der Waals surface area contributed by atoms with Crippen molar-refractivity contribution in [1.82, 2.24) is 9.88 Å². The third-order valence-electron chi connectivity index (χ3n) is 5.58. The second-order valence-corrected chi connectivity index (χ2v) is 7.70. The van der Waals surface area contributed by atoms with Crippen molar-refractivity contribution in [2.75, 3.05) is 13.2 Å². The van der Waals surface area contributed by atoms with Crippen LogP contribution in [0.15, 0.2) is 84.9 Å². The van der Waals surface area contributed by atoms with Gasteiger partial charge in [-0.1, -0.05) is 85.8 Å². The molecule has 0 fully saturated rings. The number of para-hydroxylation sites is 1. The lowest BCUT2D eigenvalue weighted by atomic mass is 9.93. The monoisotopic (exact) mass is 424 g/mol. The van der Waals surface area contributed by atoms with Crippen LogP contribution in [0.2, 0.25) is 0 Å². The van der Waals surface area contributed by atoms with Crippen molar-refractivity contribution >= 4 is 16.9 Å². The van der Waals surface area contributed by atoms with E-state index in [1.807, 2.05) is 67.6 Å². The van der Waals surface area contributed by atoms with Crippen molar-refractivity contribution in [1.29, 1.82) is 0 Å². The highest BCUT2D eigenvalue weighted by Crippen LogP contribution is 2.34. The van der Waals surface area contributed by atoms with Crippen molar-refractivity contribution in [3.63, 3.8) is 0 Å². The zero-order valence-corrected chi connectivity index (χ0v) is 18.6. The minimum absolute atomic E-state index is 0.320. The minimum atomic E-state index is -0.324. The molecule has 1 aromatic heterocycles. The van der Waals surface area contributed by atoms with Gasteiger partial charge in [-0.3, -0.25) is 9.88 Å². The molecule has 4 rings (SSSR count). The fourth-order valence-corrected chi connectivity index (χ4v) is 4.04. The topological polar surface area (TPSA) is 42.4 Å². The number of hydrogen-bond donors (Lipinski definition) is 0. The maximum absolute atomic E-state index is 13.3. The number of aromatic nitrogens is 1. The Morgan fingerprint density at radius 3 is 2.19 bits per heavy atom. The SMILES string of the molecule is CCOC(=O)c1c(CN(CC)Cc2ccccc2)nc2ccccc2c1-c1ccccc1. The summed E-state index contributed by atoms with van der Waals surface area (Å²) in [5.74, 6) is -0.324. The summed E-state index contributed by atoms with van der Waals surface area (Å²) in [4.78, 5) is 20.5. The fraction of sp³-hybridized carbons (Fsp3) is 0.214. The highest BCUT2D eigenvalue weighted by molar-refractivity contribution is 6.07. The fourth-order valence-electron chi connectivity index (χ4n) is 4.04. The maximum atomic E-state index is 13.3.